The zero-order chi connectivity index (χ0) is 20.6. The molecule has 0 aromatic heterocycles. The van der Waals surface area contributed by atoms with Crippen LogP contribution in [0, 0.1) is 0 Å². The smallest absolute Gasteiger partial charge is 0.355 e. The molecule has 0 atom stereocenters. The Hall–Kier alpha value is -3.80. The molecule has 3 rings (SSSR count). The Bertz CT molecular complexity index is 959. The molecule has 0 saturated heterocycles. The highest BCUT2D eigenvalue weighted by molar-refractivity contribution is 6.05. The van der Waals surface area contributed by atoms with Crippen molar-refractivity contribution in [2.75, 3.05) is 19.1 Å². The van der Waals surface area contributed by atoms with Crippen LogP contribution in [0.5, 0.6) is 5.75 Å². The molecule has 1 aliphatic rings. The van der Waals surface area contributed by atoms with E-state index in [9.17, 15) is 9.59 Å². The predicted molar refractivity (Wildman–Crippen MR) is 109 cm³/mol. The number of benzene rings is 2. The van der Waals surface area contributed by atoms with E-state index in [1.807, 2.05) is 30.3 Å². The molecule has 6 heteroatoms. The van der Waals surface area contributed by atoms with Gasteiger partial charge in [-0.15, -0.1) is 0 Å². The van der Waals surface area contributed by atoms with Gasteiger partial charge in [0.05, 0.1) is 19.8 Å². The molecule has 6 nitrogen and oxygen atoms in total. The van der Waals surface area contributed by atoms with Gasteiger partial charge in [0.15, 0.2) is 0 Å². The molecule has 2 aromatic rings. The summed E-state index contributed by atoms with van der Waals surface area (Å²) < 4.78 is 15.5. The number of esters is 2. The largest absolute Gasteiger partial charge is 0.489 e. The van der Waals surface area contributed by atoms with Gasteiger partial charge >= 0.3 is 11.9 Å². The Morgan fingerprint density at radius 3 is 2.21 bits per heavy atom. The lowest BCUT2D eigenvalue weighted by molar-refractivity contribution is -0.139. The molecule has 0 N–H and O–H groups in total. The summed E-state index contributed by atoms with van der Waals surface area (Å²) in [5, 5.41) is 0. The van der Waals surface area contributed by atoms with Gasteiger partial charge in [-0.3, -0.25) is 0 Å². The minimum Gasteiger partial charge on any atom is -0.489 e. The molecule has 1 aliphatic heterocycles. The zero-order valence-electron chi connectivity index (χ0n) is 16.2. The number of methoxy groups -OCH3 is 2. The summed E-state index contributed by atoms with van der Waals surface area (Å²) in [6.45, 7) is 0.452. The minimum absolute atomic E-state index is 0.0716. The van der Waals surface area contributed by atoms with Crippen molar-refractivity contribution in [2.24, 2.45) is 0 Å². The Morgan fingerprint density at radius 2 is 1.55 bits per heavy atom. The lowest BCUT2D eigenvalue weighted by atomic mass is 10.1. The van der Waals surface area contributed by atoms with E-state index in [1.165, 1.54) is 20.3 Å². The third-order valence-corrected chi connectivity index (χ3v) is 4.25. The second-order valence-electron chi connectivity index (χ2n) is 6.08. The van der Waals surface area contributed by atoms with E-state index < -0.39 is 11.9 Å². The van der Waals surface area contributed by atoms with Crippen molar-refractivity contribution in [3.63, 3.8) is 0 Å². The van der Waals surface area contributed by atoms with E-state index in [-0.39, 0.29) is 11.3 Å². The van der Waals surface area contributed by atoms with Crippen LogP contribution < -0.4 is 9.64 Å². The Kier molecular flexibility index (Phi) is 6.47. The predicted octanol–water partition coefficient (Wildman–Crippen LogP) is 3.76. The van der Waals surface area contributed by atoms with Crippen molar-refractivity contribution < 1.29 is 23.8 Å². The van der Waals surface area contributed by atoms with Crippen molar-refractivity contribution in [1.82, 2.24) is 0 Å². The normalized spacial score (nSPS) is 13.1. The summed E-state index contributed by atoms with van der Waals surface area (Å²) in [4.78, 5) is 26.2. The first-order valence-electron chi connectivity index (χ1n) is 8.96. The van der Waals surface area contributed by atoms with Gasteiger partial charge in [-0.2, -0.15) is 0 Å². The van der Waals surface area contributed by atoms with Crippen molar-refractivity contribution >= 4 is 17.6 Å². The van der Waals surface area contributed by atoms with Crippen LogP contribution in [-0.2, 0) is 25.7 Å². The first-order chi connectivity index (χ1) is 14.1. The van der Waals surface area contributed by atoms with Gasteiger partial charge in [-0.25, -0.2) is 9.59 Å². The third-order valence-electron chi connectivity index (χ3n) is 4.25. The zero-order valence-corrected chi connectivity index (χ0v) is 16.2. The topological polar surface area (TPSA) is 65.1 Å². The lowest BCUT2D eigenvalue weighted by Crippen LogP contribution is -2.26. The van der Waals surface area contributed by atoms with Crippen molar-refractivity contribution in [1.29, 1.82) is 0 Å². The van der Waals surface area contributed by atoms with Gasteiger partial charge in [0, 0.05) is 11.9 Å². The highest BCUT2D eigenvalue weighted by Gasteiger charge is 2.27. The fraction of sp³-hybridized carbons (Fsp3) is 0.130. The Morgan fingerprint density at radius 1 is 0.862 bits per heavy atom. The number of hydrogen-bond donors (Lipinski definition) is 0. The molecule has 0 saturated carbocycles. The average Bonchev–Trinajstić information content (AvgIpc) is 3.00. The molecular formula is C23H21NO5. The number of carbonyl (C=O) groups is 2. The molecule has 148 valence electrons. The number of anilines is 1. The van der Waals surface area contributed by atoms with Crippen molar-refractivity contribution in [3.05, 3.63) is 95.9 Å². The van der Waals surface area contributed by atoms with E-state index in [0.29, 0.717) is 18.0 Å². The van der Waals surface area contributed by atoms with E-state index in [1.54, 1.807) is 47.5 Å². The second-order valence-corrected chi connectivity index (χ2v) is 6.08. The summed E-state index contributed by atoms with van der Waals surface area (Å²) in [5.74, 6) is -0.588. The number of rotatable bonds is 6. The maximum Gasteiger partial charge on any atom is 0.355 e. The molecule has 0 spiro atoms. The number of allylic oxidation sites excluding steroid dienone is 2. The SMILES string of the molecule is COC(=O)C1=C(C(=O)OC)N(c2ccc(OCc3ccccc3)cc2)C=CC=C1. The molecule has 0 amide bonds. The highest BCUT2D eigenvalue weighted by Crippen LogP contribution is 2.28. The standard InChI is InChI=1S/C23H21NO5/c1-27-22(25)20-10-6-7-15-24(21(20)23(26)28-2)18-11-13-19(14-12-18)29-16-17-8-4-3-5-9-17/h3-15H,16H2,1-2H3. The molecule has 0 aliphatic carbocycles. The first kappa shape index (κ1) is 19.9. The van der Waals surface area contributed by atoms with Crippen LogP contribution in [0.25, 0.3) is 0 Å². The minimum atomic E-state index is -0.647. The van der Waals surface area contributed by atoms with Gasteiger partial charge in [0.25, 0.3) is 0 Å². The molecule has 0 bridgehead atoms. The molecule has 0 radical (unpaired) electrons. The quantitative estimate of drug-likeness (QED) is 0.699. The molecule has 29 heavy (non-hydrogen) atoms. The summed E-state index contributed by atoms with van der Waals surface area (Å²) in [5.41, 5.74) is 1.91. The van der Waals surface area contributed by atoms with Crippen LogP contribution in [0.1, 0.15) is 5.56 Å². The Labute approximate surface area is 169 Å². The van der Waals surface area contributed by atoms with Gasteiger partial charge in [-0.1, -0.05) is 36.4 Å². The van der Waals surface area contributed by atoms with Gasteiger partial charge in [-0.05, 0) is 42.0 Å². The van der Waals surface area contributed by atoms with Crippen molar-refractivity contribution in [2.45, 2.75) is 6.61 Å². The van der Waals surface area contributed by atoms with Gasteiger partial charge < -0.3 is 19.1 Å². The first-order valence-corrected chi connectivity index (χ1v) is 8.96. The van der Waals surface area contributed by atoms with Crippen LogP contribution in [0.15, 0.2) is 90.3 Å². The monoisotopic (exact) mass is 391 g/mol. The number of carbonyl (C=O) groups excluding carboxylic acids is 2. The summed E-state index contributed by atoms with van der Waals surface area (Å²) >= 11 is 0. The van der Waals surface area contributed by atoms with E-state index in [0.717, 1.165) is 5.56 Å². The van der Waals surface area contributed by atoms with Crippen molar-refractivity contribution in [3.8, 4) is 5.75 Å². The molecule has 0 unspecified atom stereocenters. The fourth-order valence-electron chi connectivity index (χ4n) is 2.81. The van der Waals surface area contributed by atoms with E-state index in [2.05, 4.69) is 0 Å². The summed E-state index contributed by atoms with van der Waals surface area (Å²) in [7, 11) is 2.53. The summed E-state index contributed by atoms with van der Waals surface area (Å²) in [6.07, 6.45) is 6.58. The maximum absolute atomic E-state index is 12.4. The van der Waals surface area contributed by atoms with Crippen LogP contribution in [-0.4, -0.2) is 26.2 Å². The molecule has 1 heterocycles. The molecule has 0 fully saturated rings. The van der Waals surface area contributed by atoms with E-state index >= 15 is 0 Å². The maximum atomic E-state index is 12.4. The highest BCUT2D eigenvalue weighted by atomic mass is 16.5. The average molecular weight is 391 g/mol. The second kappa shape index (κ2) is 9.41. The lowest BCUT2D eigenvalue weighted by Gasteiger charge is -2.23. The van der Waals surface area contributed by atoms with E-state index in [4.69, 9.17) is 14.2 Å². The molecule has 2 aromatic carbocycles. The number of hydrogen-bond acceptors (Lipinski definition) is 6. The van der Waals surface area contributed by atoms with Gasteiger partial charge in [0.2, 0.25) is 0 Å². The van der Waals surface area contributed by atoms with Crippen LogP contribution >= 0.6 is 0 Å². The number of nitrogens with zero attached hydrogens (tertiary/aromatic N) is 1. The molecular weight excluding hydrogens is 370 g/mol. The summed E-state index contributed by atoms with van der Waals surface area (Å²) in [6, 6.07) is 17.1. The van der Waals surface area contributed by atoms with Gasteiger partial charge in [0.1, 0.15) is 18.1 Å². The van der Waals surface area contributed by atoms with Crippen LogP contribution in [0.3, 0.4) is 0 Å². The van der Waals surface area contributed by atoms with Crippen LogP contribution in [0.2, 0.25) is 0 Å². The number of ether oxygens (including phenoxy) is 3. The Balaban J connectivity index is 1.87. The van der Waals surface area contributed by atoms with Crippen LogP contribution in [0.4, 0.5) is 5.69 Å². The third kappa shape index (κ3) is 4.73. The fourth-order valence-corrected chi connectivity index (χ4v) is 2.81.